The molecule has 0 radical (unpaired) electrons. The zero-order chi connectivity index (χ0) is 15.2. The molecular formula is C16H21ClN4. The fourth-order valence-electron chi connectivity index (χ4n) is 2.06. The van der Waals surface area contributed by atoms with Crippen molar-refractivity contribution < 1.29 is 0 Å². The van der Waals surface area contributed by atoms with Gasteiger partial charge in [0.2, 0.25) is 0 Å². The monoisotopic (exact) mass is 304 g/mol. The van der Waals surface area contributed by atoms with Crippen molar-refractivity contribution in [1.82, 2.24) is 9.97 Å². The van der Waals surface area contributed by atoms with Crippen molar-refractivity contribution in [1.29, 1.82) is 0 Å². The number of halogens is 1. The molecule has 1 heterocycles. The second-order valence-corrected chi connectivity index (χ2v) is 5.31. The molecular weight excluding hydrogens is 284 g/mol. The van der Waals surface area contributed by atoms with E-state index in [1.54, 1.807) is 0 Å². The second-order valence-electron chi connectivity index (χ2n) is 4.88. The Morgan fingerprint density at radius 1 is 1.14 bits per heavy atom. The highest BCUT2D eigenvalue weighted by atomic mass is 35.5. The van der Waals surface area contributed by atoms with Crippen LogP contribution in [0.15, 0.2) is 24.3 Å². The first kappa shape index (κ1) is 15.6. The molecule has 4 nitrogen and oxygen atoms in total. The highest BCUT2D eigenvalue weighted by Crippen LogP contribution is 2.25. The molecule has 0 aliphatic rings. The lowest BCUT2D eigenvalue weighted by molar-refractivity contribution is 0.833. The van der Waals surface area contributed by atoms with E-state index in [1.807, 2.05) is 31.2 Å². The number of rotatable bonds is 6. The predicted octanol–water partition coefficient (Wildman–Crippen LogP) is 4.57. The number of nitrogens with one attached hydrogen (secondary N) is 2. The summed E-state index contributed by atoms with van der Waals surface area (Å²) < 4.78 is 0. The maximum atomic E-state index is 6.03. The van der Waals surface area contributed by atoms with Gasteiger partial charge >= 0.3 is 0 Å². The van der Waals surface area contributed by atoms with Crippen LogP contribution in [0.5, 0.6) is 0 Å². The minimum atomic E-state index is 0.701. The zero-order valence-electron chi connectivity index (χ0n) is 12.7. The molecule has 1 aromatic heterocycles. The molecule has 2 N–H and O–H groups in total. The summed E-state index contributed by atoms with van der Waals surface area (Å²) in [6.07, 6.45) is 1.88. The smallest absolute Gasteiger partial charge is 0.139 e. The number of hydrogen-bond donors (Lipinski definition) is 2. The largest absolute Gasteiger partial charge is 0.370 e. The van der Waals surface area contributed by atoms with E-state index in [1.165, 1.54) is 0 Å². The van der Waals surface area contributed by atoms with Gasteiger partial charge in [0.05, 0.1) is 0 Å². The van der Waals surface area contributed by atoms with Crippen LogP contribution in [0, 0.1) is 6.92 Å². The van der Waals surface area contributed by atoms with Crippen molar-refractivity contribution >= 4 is 28.9 Å². The first-order valence-corrected chi connectivity index (χ1v) is 7.65. The van der Waals surface area contributed by atoms with E-state index in [2.05, 4.69) is 34.4 Å². The van der Waals surface area contributed by atoms with Gasteiger partial charge in [-0.1, -0.05) is 24.6 Å². The standard InChI is InChI=1S/C16H21ClN4/c1-4-7-14-20-15(18-5-2)11(3)16(21-14)19-13-9-6-8-12(17)10-13/h6,8-10H,4-5,7H2,1-3H3,(H2,18,19,20,21). The van der Waals surface area contributed by atoms with Gasteiger partial charge in [-0.25, -0.2) is 9.97 Å². The molecule has 1 aromatic carbocycles. The van der Waals surface area contributed by atoms with Crippen LogP contribution < -0.4 is 10.6 Å². The van der Waals surface area contributed by atoms with Crippen molar-refractivity contribution in [2.45, 2.75) is 33.6 Å². The molecule has 0 saturated carbocycles. The van der Waals surface area contributed by atoms with Crippen molar-refractivity contribution in [3.63, 3.8) is 0 Å². The molecule has 0 atom stereocenters. The van der Waals surface area contributed by atoms with Crippen LogP contribution in [0.1, 0.15) is 31.7 Å². The number of anilines is 3. The topological polar surface area (TPSA) is 49.8 Å². The highest BCUT2D eigenvalue weighted by molar-refractivity contribution is 6.30. The summed E-state index contributed by atoms with van der Waals surface area (Å²) in [5.74, 6) is 2.57. The fourth-order valence-corrected chi connectivity index (χ4v) is 2.25. The van der Waals surface area contributed by atoms with Crippen LogP contribution in [-0.4, -0.2) is 16.5 Å². The molecule has 0 fully saturated rings. The third kappa shape index (κ3) is 4.08. The number of aromatic nitrogens is 2. The van der Waals surface area contributed by atoms with E-state index < -0.39 is 0 Å². The maximum Gasteiger partial charge on any atom is 0.139 e. The molecule has 5 heteroatoms. The number of aryl methyl sites for hydroxylation is 1. The number of benzene rings is 1. The Hall–Kier alpha value is -1.81. The Morgan fingerprint density at radius 3 is 2.57 bits per heavy atom. The van der Waals surface area contributed by atoms with E-state index >= 15 is 0 Å². The molecule has 0 amide bonds. The summed E-state index contributed by atoms with van der Waals surface area (Å²) in [6.45, 7) is 7.03. The summed E-state index contributed by atoms with van der Waals surface area (Å²) >= 11 is 6.03. The first-order valence-electron chi connectivity index (χ1n) is 7.28. The first-order chi connectivity index (χ1) is 10.1. The van der Waals surface area contributed by atoms with Crippen molar-refractivity contribution in [2.75, 3.05) is 17.2 Å². The van der Waals surface area contributed by atoms with Gasteiger partial charge < -0.3 is 10.6 Å². The zero-order valence-corrected chi connectivity index (χ0v) is 13.5. The molecule has 2 rings (SSSR count). The minimum Gasteiger partial charge on any atom is -0.370 e. The average molecular weight is 305 g/mol. The normalized spacial score (nSPS) is 10.5. The Morgan fingerprint density at radius 2 is 1.90 bits per heavy atom. The molecule has 21 heavy (non-hydrogen) atoms. The molecule has 0 unspecified atom stereocenters. The van der Waals surface area contributed by atoms with Gasteiger partial charge in [-0.15, -0.1) is 0 Å². The quantitative estimate of drug-likeness (QED) is 0.821. The summed E-state index contributed by atoms with van der Waals surface area (Å²) in [5, 5.41) is 7.33. The van der Waals surface area contributed by atoms with Gasteiger partial charge in [-0.3, -0.25) is 0 Å². The SMILES string of the molecule is CCCc1nc(NCC)c(C)c(Nc2cccc(Cl)c2)n1. The highest BCUT2D eigenvalue weighted by Gasteiger charge is 2.10. The van der Waals surface area contributed by atoms with Crippen molar-refractivity contribution in [3.8, 4) is 0 Å². The molecule has 0 spiro atoms. The fraction of sp³-hybridized carbons (Fsp3) is 0.375. The number of nitrogens with zero attached hydrogens (tertiary/aromatic N) is 2. The van der Waals surface area contributed by atoms with Crippen molar-refractivity contribution in [2.24, 2.45) is 0 Å². The summed E-state index contributed by atoms with van der Waals surface area (Å²) in [7, 11) is 0. The minimum absolute atomic E-state index is 0.701. The van der Waals surface area contributed by atoms with Gasteiger partial charge in [0.15, 0.2) is 0 Å². The van der Waals surface area contributed by atoms with Gasteiger partial charge in [0.25, 0.3) is 0 Å². The third-order valence-corrected chi connectivity index (χ3v) is 3.33. The van der Waals surface area contributed by atoms with E-state index in [0.717, 1.165) is 48.1 Å². The van der Waals surface area contributed by atoms with Gasteiger partial charge in [-0.2, -0.15) is 0 Å². The third-order valence-electron chi connectivity index (χ3n) is 3.10. The van der Waals surface area contributed by atoms with Crippen LogP contribution in [-0.2, 0) is 6.42 Å². The Bertz CT molecular complexity index is 613. The maximum absolute atomic E-state index is 6.03. The Labute approximate surface area is 131 Å². The molecule has 0 saturated heterocycles. The summed E-state index contributed by atoms with van der Waals surface area (Å²) in [6, 6.07) is 7.63. The summed E-state index contributed by atoms with van der Waals surface area (Å²) in [5.41, 5.74) is 1.94. The average Bonchev–Trinajstić information content (AvgIpc) is 2.44. The lowest BCUT2D eigenvalue weighted by atomic mass is 10.2. The van der Waals surface area contributed by atoms with Crippen LogP contribution in [0.4, 0.5) is 17.3 Å². The molecule has 112 valence electrons. The predicted molar refractivity (Wildman–Crippen MR) is 89.7 cm³/mol. The molecule has 2 aromatic rings. The second kappa shape index (κ2) is 7.27. The summed E-state index contributed by atoms with van der Waals surface area (Å²) in [4.78, 5) is 9.21. The van der Waals surface area contributed by atoms with E-state index in [0.29, 0.717) is 5.02 Å². The van der Waals surface area contributed by atoms with Gasteiger partial charge in [0, 0.05) is 29.2 Å². The number of hydrogen-bond acceptors (Lipinski definition) is 4. The van der Waals surface area contributed by atoms with Crippen LogP contribution in [0.3, 0.4) is 0 Å². The molecule has 0 aliphatic heterocycles. The van der Waals surface area contributed by atoms with Crippen LogP contribution in [0.2, 0.25) is 5.02 Å². The Balaban J connectivity index is 2.36. The van der Waals surface area contributed by atoms with Crippen LogP contribution in [0.25, 0.3) is 0 Å². The molecule has 0 bridgehead atoms. The molecule has 0 aliphatic carbocycles. The lowest BCUT2D eigenvalue weighted by Gasteiger charge is -2.14. The van der Waals surface area contributed by atoms with Gasteiger partial charge in [0.1, 0.15) is 17.5 Å². The van der Waals surface area contributed by atoms with Crippen LogP contribution >= 0.6 is 11.6 Å². The lowest BCUT2D eigenvalue weighted by Crippen LogP contribution is -2.09. The van der Waals surface area contributed by atoms with E-state index in [9.17, 15) is 0 Å². The van der Waals surface area contributed by atoms with Crippen molar-refractivity contribution in [3.05, 3.63) is 40.7 Å². The van der Waals surface area contributed by atoms with E-state index in [4.69, 9.17) is 11.6 Å². The van der Waals surface area contributed by atoms with E-state index in [-0.39, 0.29) is 0 Å². The van der Waals surface area contributed by atoms with Gasteiger partial charge in [-0.05, 0) is 38.5 Å². The Kier molecular flexibility index (Phi) is 5.39.